The molecule has 5 heteroatoms. The molecule has 0 spiro atoms. The van der Waals surface area contributed by atoms with Gasteiger partial charge in [0.2, 0.25) is 0 Å². The van der Waals surface area contributed by atoms with Crippen LogP contribution in [0.4, 0.5) is 5.82 Å². The highest BCUT2D eigenvalue weighted by molar-refractivity contribution is 6.32. The fourth-order valence-electron chi connectivity index (χ4n) is 1.65. The Labute approximate surface area is 117 Å². The van der Waals surface area contributed by atoms with Crippen molar-refractivity contribution in [2.45, 2.75) is 13.3 Å². The molecule has 0 fully saturated rings. The van der Waals surface area contributed by atoms with Crippen LogP contribution in [0.15, 0.2) is 30.5 Å². The van der Waals surface area contributed by atoms with Crippen LogP contribution < -0.4 is 10.1 Å². The summed E-state index contributed by atoms with van der Waals surface area (Å²) in [6.07, 6.45) is 2.78. The highest BCUT2D eigenvalue weighted by Crippen LogP contribution is 2.28. The van der Waals surface area contributed by atoms with E-state index in [1.165, 1.54) is 0 Å². The summed E-state index contributed by atoms with van der Waals surface area (Å²) in [5.74, 6) is 2.11. The standard InChI is InChI=1S/C14H16ClN3O/c1-3-7-16-13-6-8-17-14(18-13)10-4-5-12(19-2)11(15)9-10/h4-6,8-9H,3,7H2,1-2H3,(H,16,17,18). The lowest BCUT2D eigenvalue weighted by atomic mass is 10.2. The third kappa shape index (κ3) is 3.35. The number of hydrogen-bond donors (Lipinski definition) is 1. The van der Waals surface area contributed by atoms with Gasteiger partial charge >= 0.3 is 0 Å². The van der Waals surface area contributed by atoms with Crippen molar-refractivity contribution in [2.24, 2.45) is 0 Å². The van der Waals surface area contributed by atoms with Gasteiger partial charge in [0.1, 0.15) is 11.6 Å². The van der Waals surface area contributed by atoms with E-state index in [4.69, 9.17) is 16.3 Å². The molecule has 0 amide bonds. The second kappa shape index (κ2) is 6.38. The SMILES string of the molecule is CCCNc1ccnc(-c2ccc(OC)c(Cl)c2)n1. The summed E-state index contributed by atoms with van der Waals surface area (Å²) in [6.45, 7) is 3.00. The predicted octanol–water partition coefficient (Wildman–Crippen LogP) is 3.63. The van der Waals surface area contributed by atoms with Crippen molar-refractivity contribution in [2.75, 3.05) is 19.0 Å². The van der Waals surface area contributed by atoms with Crippen molar-refractivity contribution in [3.8, 4) is 17.1 Å². The van der Waals surface area contributed by atoms with Gasteiger partial charge < -0.3 is 10.1 Å². The molecule has 2 rings (SSSR count). The smallest absolute Gasteiger partial charge is 0.161 e. The summed E-state index contributed by atoms with van der Waals surface area (Å²) in [5.41, 5.74) is 0.867. The highest BCUT2D eigenvalue weighted by Gasteiger charge is 2.06. The molecule has 0 aliphatic heterocycles. The lowest BCUT2D eigenvalue weighted by Crippen LogP contribution is -2.03. The first-order valence-electron chi connectivity index (χ1n) is 6.15. The number of rotatable bonds is 5. The van der Waals surface area contributed by atoms with Crippen molar-refractivity contribution in [3.63, 3.8) is 0 Å². The molecule has 0 bridgehead atoms. The molecule has 4 nitrogen and oxygen atoms in total. The molecule has 0 saturated heterocycles. The van der Waals surface area contributed by atoms with Gasteiger partial charge in [0.15, 0.2) is 5.82 Å². The number of nitrogens with one attached hydrogen (secondary N) is 1. The van der Waals surface area contributed by atoms with Crippen LogP contribution in [0.25, 0.3) is 11.4 Å². The largest absolute Gasteiger partial charge is 0.495 e. The summed E-state index contributed by atoms with van der Waals surface area (Å²) < 4.78 is 5.13. The number of halogens is 1. The van der Waals surface area contributed by atoms with Gasteiger partial charge in [-0.3, -0.25) is 0 Å². The predicted molar refractivity (Wildman–Crippen MR) is 77.8 cm³/mol. The van der Waals surface area contributed by atoms with Crippen LogP contribution in [0.5, 0.6) is 5.75 Å². The van der Waals surface area contributed by atoms with E-state index in [9.17, 15) is 0 Å². The Morgan fingerprint density at radius 2 is 2.16 bits per heavy atom. The topological polar surface area (TPSA) is 47.0 Å². The van der Waals surface area contributed by atoms with E-state index in [0.29, 0.717) is 16.6 Å². The van der Waals surface area contributed by atoms with E-state index in [1.54, 1.807) is 19.4 Å². The molecule has 19 heavy (non-hydrogen) atoms. The Kier molecular flexibility index (Phi) is 4.58. The Hall–Kier alpha value is -1.81. The Bertz CT molecular complexity index is 560. The van der Waals surface area contributed by atoms with Crippen LogP contribution in [0, 0.1) is 0 Å². The molecule has 0 aliphatic rings. The Morgan fingerprint density at radius 3 is 2.84 bits per heavy atom. The molecule has 0 atom stereocenters. The fraction of sp³-hybridized carbons (Fsp3) is 0.286. The number of aromatic nitrogens is 2. The van der Waals surface area contributed by atoms with Gasteiger partial charge in [0, 0.05) is 18.3 Å². The first-order chi connectivity index (χ1) is 9.24. The van der Waals surface area contributed by atoms with Crippen LogP contribution in [-0.2, 0) is 0 Å². The summed E-state index contributed by atoms with van der Waals surface area (Å²) in [6, 6.07) is 7.36. The van der Waals surface area contributed by atoms with Gasteiger partial charge in [-0.25, -0.2) is 9.97 Å². The molecule has 1 aromatic heterocycles. The van der Waals surface area contributed by atoms with Gasteiger partial charge in [-0.2, -0.15) is 0 Å². The first kappa shape index (κ1) is 13.6. The van der Waals surface area contributed by atoms with E-state index in [0.717, 1.165) is 24.3 Å². The summed E-state index contributed by atoms with van der Waals surface area (Å²) in [4.78, 5) is 8.72. The van der Waals surface area contributed by atoms with Gasteiger partial charge in [-0.15, -0.1) is 0 Å². The molecule has 2 aromatic rings. The van der Waals surface area contributed by atoms with Crippen LogP contribution in [0.1, 0.15) is 13.3 Å². The number of benzene rings is 1. The maximum absolute atomic E-state index is 6.11. The number of hydrogen-bond acceptors (Lipinski definition) is 4. The van der Waals surface area contributed by atoms with Gasteiger partial charge in [-0.1, -0.05) is 18.5 Å². The normalized spacial score (nSPS) is 10.3. The van der Waals surface area contributed by atoms with Crippen molar-refractivity contribution in [1.29, 1.82) is 0 Å². The zero-order chi connectivity index (χ0) is 13.7. The van der Waals surface area contributed by atoms with E-state index in [1.807, 2.05) is 18.2 Å². The van der Waals surface area contributed by atoms with Crippen LogP contribution in [0.3, 0.4) is 0 Å². The molecule has 0 aliphatic carbocycles. The minimum atomic E-state index is 0.551. The fourth-order valence-corrected chi connectivity index (χ4v) is 1.91. The summed E-state index contributed by atoms with van der Waals surface area (Å²) in [5, 5.41) is 3.78. The lowest BCUT2D eigenvalue weighted by molar-refractivity contribution is 0.415. The lowest BCUT2D eigenvalue weighted by Gasteiger charge is -2.07. The second-order valence-electron chi connectivity index (χ2n) is 4.04. The first-order valence-corrected chi connectivity index (χ1v) is 6.53. The third-order valence-corrected chi connectivity index (χ3v) is 2.92. The average Bonchev–Trinajstić information content (AvgIpc) is 2.45. The maximum atomic E-state index is 6.11. The molecule has 0 radical (unpaired) electrons. The van der Waals surface area contributed by atoms with Crippen LogP contribution in [0.2, 0.25) is 5.02 Å². The molecule has 0 saturated carbocycles. The van der Waals surface area contributed by atoms with Gasteiger partial charge in [0.25, 0.3) is 0 Å². The van der Waals surface area contributed by atoms with Crippen molar-refractivity contribution in [1.82, 2.24) is 9.97 Å². The Morgan fingerprint density at radius 1 is 1.32 bits per heavy atom. The van der Waals surface area contributed by atoms with E-state index >= 15 is 0 Å². The molecule has 1 N–H and O–H groups in total. The third-order valence-electron chi connectivity index (χ3n) is 2.62. The van der Waals surface area contributed by atoms with Crippen molar-refractivity contribution < 1.29 is 4.74 Å². The molecule has 100 valence electrons. The Balaban J connectivity index is 2.28. The van der Waals surface area contributed by atoms with E-state index in [-0.39, 0.29) is 0 Å². The van der Waals surface area contributed by atoms with Gasteiger partial charge in [-0.05, 0) is 30.7 Å². The second-order valence-corrected chi connectivity index (χ2v) is 4.45. The summed E-state index contributed by atoms with van der Waals surface area (Å²) in [7, 11) is 1.59. The van der Waals surface area contributed by atoms with E-state index in [2.05, 4.69) is 22.2 Å². The minimum absolute atomic E-state index is 0.551. The molecule has 1 aromatic carbocycles. The monoisotopic (exact) mass is 277 g/mol. The number of anilines is 1. The zero-order valence-electron chi connectivity index (χ0n) is 11.0. The molecule has 0 unspecified atom stereocenters. The highest BCUT2D eigenvalue weighted by atomic mass is 35.5. The van der Waals surface area contributed by atoms with Crippen LogP contribution in [-0.4, -0.2) is 23.6 Å². The van der Waals surface area contributed by atoms with Crippen molar-refractivity contribution in [3.05, 3.63) is 35.5 Å². The molecular formula is C14H16ClN3O. The number of methoxy groups -OCH3 is 1. The number of ether oxygens (including phenoxy) is 1. The summed E-state index contributed by atoms with van der Waals surface area (Å²) >= 11 is 6.11. The number of nitrogens with zero attached hydrogens (tertiary/aromatic N) is 2. The molecule has 1 heterocycles. The van der Waals surface area contributed by atoms with E-state index < -0.39 is 0 Å². The quantitative estimate of drug-likeness (QED) is 0.907. The van der Waals surface area contributed by atoms with Crippen molar-refractivity contribution >= 4 is 17.4 Å². The van der Waals surface area contributed by atoms with Crippen LogP contribution >= 0.6 is 11.6 Å². The zero-order valence-corrected chi connectivity index (χ0v) is 11.7. The molecular weight excluding hydrogens is 262 g/mol. The maximum Gasteiger partial charge on any atom is 0.161 e. The average molecular weight is 278 g/mol. The minimum Gasteiger partial charge on any atom is -0.495 e. The van der Waals surface area contributed by atoms with Gasteiger partial charge in [0.05, 0.1) is 12.1 Å².